The number of hydrogen-bond donors (Lipinski definition) is 1. The van der Waals surface area contributed by atoms with Crippen LogP contribution in [0.5, 0.6) is 0 Å². The lowest BCUT2D eigenvalue weighted by Crippen LogP contribution is -2.41. The van der Waals surface area contributed by atoms with E-state index in [-0.39, 0.29) is 5.91 Å². The van der Waals surface area contributed by atoms with Crippen LogP contribution in [0.25, 0.3) is 0 Å². The molecule has 0 bridgehead atoms. The highest BCUT2D eigenvalue weighted by molar-refractivity contribution is 6.25. The molecule has 1 aliphatic heterocycles. The lowest BCUT2D eigenvalue weighted by Gasteiger charge is -2.24. The van der Waals surface area contributed by atoms with Gasteiger partial charge in [0.15, 0.2) is 0 Å². The monoisotopic (exact) mass is 158 g/mol. The summed E-state index contributed by atoms with van der Waals surface area (Å²) in [4.78, 5) is 12.5. The molecule has 62 valence electrons. The van der Waals surface area contributed by atoms with Gasteiger partial charge in [-0.25, -0.2) is 0 Å². The van der Waals surface area contributed by atoms with Crippen molar-refractivity contribution in [3.63, 3.8) is 0 Å². The molecule has 5 heteroatoms. The van der Waals surface area contributed by atoms with E-state index >= 15 is 0 Å². The number of nitrogens with zero attached hydrogens (tertiary/aromatic N) is 2. The second-order valence-electron chi connectivity index (χ2n) is 2.18. The third-order valence-electron chi connectivity index (χ3n) is 1.49. The molecule has 1 N–H and O–H groups in total. The first-order valence-electron chi connectivity index (χ1n) is 3.38. The van der Waals surface area contributed by atoms with E-state index in [0.717, 1.165) is 6.21 Å². The lowest BCUT2D eigenvalue weighted by molar-refractivity contribution is -0.127. The maximum Gasteiger partial charge on any atom is 0.268 e. The van der Waals surface area contributed by atoms with Crippen molar-refractivity contribution in [2.24, 2.45) is 5.16 Å². The van der Waals surface area contributed by atoms with Crippen molar-refractivity contribution >= 4 is 12.1 Å². The molecule has 11 heavy (non-hydrogen) atoms. The highest BCUT2D eigenvalue weighted by Gasteiger charge is 2.14. The zero-order chi connectivity index (χ0) is 8.10. The van der Waals surface area contributed by atoms with E-state index in [0.29, 0.717) is 26.3 Å². The third kappa shape index (κ3) is 2.19. The number of hydrogen-bond acceptors (Lipinski definition) is 4. The lowest BCUT2D eigenvalue weighted by atomic mass is 10.4. The summed E-state index contributed by atoms with van der Waals surface area (Å²) in [5, 5.41) is 10.7. The fourth-order valence-electron chi connectivity index (χ4n) is 0.915. The number of morpholine rings is 1. The number of carbonyl (C=O) groups is 1. The number of rotatable bonds is 1. The van der Waals surface area contributed by atoms with Crippen LogP contribution in [-0.4, -0.2) is 48.5 Å². The van der Waals surface area contributed by atoms with Gasteiger partial charge in [0.25, 0.3) is 5.91 Å². The van der Waals surface area contributed by atoms with Crippen LogP contribution in [0.4, 0.5) is 0 Å². The maximum absolute atomic E-state index is 11.0. The van der Waals surface area contributed by atoms with Gasteiger partial charge in [-0.1, -0.05) is 5.16 Å². The Morgan fingerprint density at radius 1 is 1.55 bits per heavy atom. The van der Waals surface area contributed by atoms with Crippen molar-refractivity contribution in [2.45, 2.75) is 0 Å². The Labute approximate surface area is 64.2 Å². The quantitative estimate of drug-likeness (QED) is 0.312. The standard InChI is InChI=1S/C6H10N2O3/c9-6(5-7-10)8-1-3-11-4-2-8/h5,10H,1-4H2/b7-5+. The normalized spacial score (nSPS) is 19.1. The van der Waals surface area contributed by atoms with Gasteiger partial charge < -0.3 is 14.8 Å². The summed E-state index contributed by atoms with van der Waals surface area (Å²) >= 11 is 0. The fraction of sp³-hybridized carbons (Fsp3) is 0.667. The first-order chi connectivity index (χ1) is 5.34. The summed E-state index contributed by atoms with van der Waals surface area (Å²) in [6, 6.07) is 0. The van der Waals surface area contributed by atoms with Crippen LogP contribution in [-0.2, 0) is 9.53 Å². The Morgan fingerprint density at radius 3 is 2.73 bits per heavy atom. The Bertz CT molecular complexity index is 163. The highest BCUT2D eigenvalue weighted by atomic mass is 16.5. The zero-order valence-corrected chi connectivity index (χ0v) is 6.06. The number of oxime groups is 1. The first-order valence-corrected chi connectivity index (χ1v) is 3.38. The molecule has 1 aliphatic rings. The van der Waals surface area contributed by atoms with E-state index in [9.17, 15) is 4.79 Å². The van der Waals surface area contributed by atoms with Gasteiger partial charge in [0.2, 0.25) is 0 Å². The molecule has 1 heterocycles. The first kappa shape index (κ1) is 8.00. The second kappa shape index (κ2) is 3.92. The third-order valence-corrected chi connectivity index (χ3v) is 1.49. The summed E-state index contributed by atoms with van der Waals surface area (Å²) < 4.78 is 5.03. The van der Waals surface area contributed by atoms with Crippen molar-refractivity contribution in [3.8, 4) is 0 Å². The molecule has 5 nitrogen and oxygen atoms in total. The molecule has 1 saturated heterocycles. The molecular formula is C6H10N2O3. The molecule has 0 unspecified atom stereocenters. The van der Waals surface area contributed by atoms with Crippen LogP contribution in [0.1, 0.15) is 0 Å². The van der Waals surface area contributed by atoms with E-state index in [1.54, 1.807) is 4.90 Å². The molecule has 0 saturated carbocycles. The van der Waals surface area contributed by atoms with Crippen LogP contribution >= 0.6 is 0 Å². The Kier molecular flexibility index (Phi) is 2.85. The minimum Gasteiger partial charge on any atom is -0.411 e. The van der Waals surface area contributed by atoms with E-state index in [1.165, 1.54) is 0 Å². The van der Waals surface area contributed by atoms with Gasteiger partial charge in [-0.2, -0.15) is 0 Å². The largest absolute Gasteiger partial charge is 0.411 e. The summed E-state index contributed by atoms with van der Waals surface area (Å²) in [6.07, 6.45) is 0.894. The number of carbonyl (C=O) groups excluding carboxylic acids is 1. The van der Waals surface area contributed by atoms with Crippen LogP contribution in [0.3, 0.4) is 0 Å². The molecule has 0 atom stereocenters. The highest BCUT2D eigenvalue weighted by Crippen LogP contribution is 1.95. The Balaban J connectivity index is 2.38. The van der Waals surface area contributed by atoms with Gasteiger partial charge in [0.1, 0.15) is 6.21 Å². The molecule has 0 aromatic carbocycles. The maximum atomic E-state index is 11.0. The SMILES string of the molecule is O=C(/C=N/O)N1CCOCC1. The predicted molar refractivity (Wildman–Crippen MR) is 37.7 cm³/mol. The van der Waals surface area contributed by atoms with Crippen molar-refractivity contribution in [1.29, 1.82) is 0 Å². The topological polar surface area (TPSA) is 62.1 Å². The van der Waals surface area contributed by atoms with Crippen molar-refractivity contribution in [2.75, 3.05) is 26.3 Å². The molecule has 0 aromatic heterocycles. The summed E-state index contributed by atoms with van der Waals surface area (Å²) in [6.45, 7) is 2.27. The molecule has 0 aromatic rings. The summed E-state index contributed by atoms with van der Waals surface area (Å²) in [7, 11) is 0. The molecular weight excluding hydrogens is 148 g/mol. The van der Waals surface area contributed by atoms with E-state index in [4.69, 9.17) is 9.94 Å². The minimum absolute atomic E-state index is 0.268. The van der Waals surface area contributed by atoms with Gasteiger partial charge >= 0.3 is 0 Å². The van der Waals surface area contributed by atoms with E-state index < -0.39 is 0 Å². The molecule has 0 aliphatic carbocycles. The summed E-state index contributed by atoms with van der Waals surface area (Å²) in [5.74, 6) is -0.268. The zero-order valence-electron chi connectivity index (χ0n) is 6.06. The number of amides is 1. The summed E-state index contributed by atoms with van der Waals surface area (Å²) in [5.41, 5.74) is 0. The average Bonchev–Trinajstić information content (AvgIpc) is 2.07. The number of ether oxygens (including phenoxy) is 1. The molecule has 1 amide bonds. The van der Waals surface area contributed by atoms with Crippen LogP contribution < -0.4 is 0 Å². The Hall–Kier alpha value is -1.10. The molecule has 1 fully saturated rings. The van der Waals surface area contributed by atoms with Gasteiger partial charge in [-0.05, 0) is 0 Å². The van der Waals surface area contributed by atoms with Gasteiger partial charge in [0, 0.05) is 13.1 Å². The van der Waals surface area contributed by atoms with Gasteiger partial charge in [-0.3, -0.25) is 4.79 Å². The van der Waals surface area contributed by atoms with Gasteiger partial charge in [0.05, 0.1) is 13.2 Å². The van der Waals surface area contributed by atoms with Crippen molar-refractivity contribution in [3.05, 3.63) is 0 Å². The second-order valence-corrected chi connectivity index (χ2v) is 2.18. The van der Waals surface area contributed by atoms with Crippen LogP contribution in [0, 0.1) is 0 Å². The van der Waals surface area contributed by atoms with Gasteiger partial charge in [-0.15, -0.1) is 0 Å². The Morgan fingerprint density at radius 2 is 2.18 bits per heavy atom. The van der Waals surface area contributed by atoms with Crippen LogP contribution in [0.2, 0.25) is 0 Å². The predicted octanol–water partition coefficient (Wildman–Crippen LogP) is -0.695. The van der Waals surface area contributed by atoms with E-state index in [2.05, 4.69) is 5.16 Å². The fourth-order valence-corrected chi connectivity index (χ4v) is 0.915. The molecule has 0 radical (unpaired) electrons. The van der Waals surface area contributed by atoms with Crippen LogP contribution in [0.15, 0.2) is 5.16 Å². The van der Waals surface area contributed by atoms with Crippen molar-refractivity contribution in [1.82, 2.24) is 4.90 Å². The minimum atomic E-state index is -0.268. The smallest absolute Gasteiger partial charge is 0.268 e. The molecule has 1 rings (SSSR count). The molecule has 0 spiro atoms. The van der Waals surface area contributed by atoms with Crippen molar-refractivity contribution < 1.29 is 14.7 Å². The average molecular weight is 158 g/mol. The van der Waals surface area contributed by atoms with E-state index in [1.807, 2.05) is 0 Å².